The summed E-state index contributed by atoms with van der Waals surface area (Å²) in [5.74, 6) is 2.06. The van der Waals surface area contributed by atoms with Gasteiger partial charge >= 0.3 is 0 Å². The van der Waals surface area contributed by atoms with E-state index >= 15 is 0 Å². The van der Waals surface area contributed by atoms with Crippen molar-refractivity contribution in [3.63, 3.8) is 0 Å². The summed E-state index contributed by atoms with van der Waals surface area (Å²) >= 11 is 0. The van der Waals surface area contributed by atoms with Gasteiger partial charge in [0.25, 0.3) is 0 Å². The highest BCUT2D eigenvalue weighted by molar-refractivity contribution is 5.85. The van der Waals surface area contributed by atoms with Gasteiger partial charge in [-0.15, -0.1) is 12.4 Å². The van der Waals surface area contributed by atoms with Crippen LogP contribution in [0.1, 0.15) is 12.8 Å². The van der Waals surface area contributed by atoms with Crippen molar-refractivity contribution < 1.29 is 14.3 Å². The summed E-state index contributed by atoms with van der Waals surface area (Å²) in [6.07, 6.45) is 1.93. The van der Waals surface area contributed by atoms with E-state index in [0.717, 1.165) is 56.2 Å². The fourth-order valence-corrected chi connectivity index (χ4v) is 3.09. The Morgan fingerprint density at radius 2 is 1.71 bits per heavy atom. The molecule has 0 aromatic heterocycles. The van der Waals surface area contributed by atoms with Gasteiger partial charge in [0.2, 0.25) is 5.91 Å². The molecule has 7 heteroatoms. The fraction of sp³-hybridized carbons (Fsp3) is 0.588. The zero-order chi connectivity index (χ0) is 16.2. The number of anilines is 1. The van der Waals surface area contributed by atoms with Gasteiger partial charge < -0.3 is 25.0 Å². The third kappa shape index (κ3) is 4.24. The number of carbonyl (C=O) groups is 1. The summed E-state index contributed by atoms with van der Waals surface area (Å²) in [6, 6.07) is 6.18. The molecule has 2 aliphatic rings. The molecule has 1 aromatic carbocycles. The number of benzene rings is 1. The molecule has 134 valence electrons. The molecule has 0 atom stereocenters. The minimum atomic E-state index is 0. The Hall–Kier alpha value is -1.66. The smallest absolute Gasteiger partial charge is 0.228 e. The zero-order valence-electron chi connectivity index (χ0n) is 14.2. The van der Waals surface area contributed by atoms with Gasteiger partial charge in [-0.3, -0.25) is 4.79 Å². The van der Waals surface area contributed by atoms with E-state index in [2.05, 4.69) is 10.6 Å². The Labute approximate surface area is 149 Å². The van der Waals surface area contributed by atoms with Gasteiger partial charge in [0, 0.05) is 56.1 Å². The van der Waals surface area contributed by atoms with Crippen LogP contribution in [0.3, 0.4) is 0 Å². The largest absolute Gasteiger partial charge is 0.497 e. The summed E-state index contributed by atoms with van der Waals surface area (Å²) in [7, 11) is 3.30. The lowest BCUT2D eigenvalue weighted by Crippen LogP contribution is -2.54. The Bertz CT molecular complexity index is 536. The second-order valence-corrected chi connectivity index (χ2v) is 6.20. The number of ether oxygens (including phenoxy) is 2. The maximum Gasteiger partial charge on any atom is 0.228 e. The van der Waals surface area contributed by atoms with Gasteiger partial charge in [-0.1, -0.05) is 0 Å². The van der Waals surface area contributed by atoms with Crippen molar-refractivity contribution >= 4 is 24.0 Å². The van der Waals surface area contributed by atoms with Crippen molar-refractivity contribution in [1.82, 2.24) is 10.2 Å². The van der Waals surface area contributed by atoms with E-state index in [4.69, 9.17) is 9.47 Å². The van der Waals surface area contributed by atoms with E-state index in [1.165, 1.54) is 0 Å². The van der Waals surface area contributed by atoms with Crippen molar-refractivity contribution in [2.45, 2.75) is 18.9 Å². The Balaban J connectivity index is 0.00000208. The van der Waals surface area contributed by atoms with Crippen molar-refractivity contribution in [3.05, 3.63) is 18.2 Å². The van der Waals surface area contributed by atoms with E-state index < -0.39 is 0 Å². The van der Waals surface area contributed by atoms with E-state index in [9.17, 15) is 4.79 Å². The number of likely N-dealkylation sites (tertiary alicyclic amines) is 1. The van der Waals surface area contributed by atoms with Gasteiger partial charge in [0.15, 0.2) is 0 Å². The molecule has 2 fully saturated rings. The van der Waals surface area contributed by atoms with Gasteiger partial charge in [0.1, 0.15) is 11.5 Å². The minimum absolute atomic E-state index is 0. The van der Waals surface area contributed by atoms with Crippen LogP contribution < -0.4 is 20.1 Å². The normalized spacial score (nSPS) is 18.3. The van der Waals surface area contributed by atoms with Crippen LogP contribution in [-0.2, 0) is 4.79 Å². The van der Waals surface area contributed by atoms with Crippen LogP contribution in [0.25, 0.3) is 0 Å². The SMILES string of the molecule is COc1cc(NC2CCN(C(=O)C3CNC3)CC2)cc(OC)c1.Cl. The van der Waals surface area contributed by atoms with Crippen LogP contribution >= 0.6 is 12.4 Å². The van der Waals surface area contributed by atoms with Gasteiger partial charge in [0.05, 0.1) is 20.1 Å². The van der Waals surface area contributed by atoms with Crippen molar-refractivity contribution in [3.8, 4) is 11.5 Å². The molecular formula is C17H26ClN3O3. The molecule has 0 aliphatic carbocycles. The molecule has 0 unspecified atom stereocenters. The summed E-state index contributed by atoms with van der Waals surface area (Å²) in [5, 5.41) is 6.70. The molecule has 1 amide bonds. The Kier molecular flexibility index (Phi) is 6.57. The number of carbonyl (C=O) groups excluding carboxylic acids is 1. The lowest BCUT2D eigenvalue weighted by atomic mass is 9.98. The quantitative estimate of drug-likeness (QED) is 0.842. The number of rotatable bonds is 5. The van der Waals surface area contributed by atoms with Crippen LogP contribution in [0.15, 0.2) is 18.2 Å². The van der Waals surface area contributed by atoms with Crippen LogP contribution in [0.4, 0.5) is 5.69 Å². The maximum atomic E-state index is 12.2. The molecule has 3 rings (SSSR count). The highest BCUT2D eigenvalue weighted by Crippen LogP contribution is 2.27. The zero-order valence-corrected chi connectivity index (χ0v) is 15.0. The fourth-order valence-electron chi connectivity index (χ4n) is 3.09. The van der Waals surface area contributed by atoms with E-state index in [0.29, 0.717) is 11.9 Å². The molecule has 0 bridgehead atoms. The first kappa shape index (κ1) is 18.7. The lowest BCUT2D eigenvalue weighted by Gasteiger charge is -2.37. The van der Waals surface area contributed by atoms with E-state index in [1.54, 1.807) is 14.2 Å². The summed E-state index contributed by atoms with van der Waals surface area (Å²) in [5.41, 5.74) is 0.995. The predicted octanol–water partition coefficient (Wildman–Crippen LogP) is 1.75. The molecule has 1 aromatic rings. The molecule has 2 aliphatic heterocycles. The molecule has 0 saturated carbocycles. The molecule has 2 saturated heterocycles. The number of nitrogens with one attached hydrogen (secondary N) is 2. The molecule has 2 heterocycles. The molecular weight excluding hydrogens is 330 g/mol. The first-order chi connectivity index (χ1) is 11.2. The number of hydrogen-bond donors (Lipinski definition) is 2. The molecule has 24 heavy (non-hydrogen) atoms. The molecule has 0 spiro atoms. The van der Waals surface area contributed by atoms with Crippen LogP contribution in [0.5, 0.6) is 11.5 Å². The van der Waals surface area contributed by atoms with Crippen molar-refractivity contribution in [2.75, 3.05) is 45.7 Å². The van der Waals surface area contributed by atoms with Gasteiger partial charge in [-0.05, 0) is 12.8 Å². The predicted molar refractivity (Wildman–Crippen MR) is 96.4 cm³/mol. The number of halogens is 1. The number of piperidine rings is 1. The standard InChI is InChI=1S/C17H25N3O3.ClH/c1-22-15-7-14(8-16(9-15)23-2)19-13-3-5-20(6-4-13)17(21)12-10-18-11-12;/h7-9,12-13,18-19H,3-6,10-11H2,1-2H3;1H. The second-order valence-electron chi connectivity index (χ2n) is 6.20. The highest BCUT2D eigenvalue weighted by atomic mass is 35.5. The highest BCUT2D eigenvalue weighted by Gasteiger charge is 2.31. The maximum absolute atomic E-state index is 12.2. The number of hydrogen-bond acceptors (Lipinski definition) is 5. The van der Waals surface area contributed by atoms with Crippen molar-refractivity contribution in [2.24, 2.45) is 5.92 Å². The van der Waals surface area contributed by atoms with Crippen LogP contribution in [0.2, 0.25) is 0 Å². The van der Waals surface area contributed by atoms with Crippen LogP contribution in [-0.4, -0.2) is 57.2 Å². The minimum Gasteiger partial charge on any atom is -0.497 e. The topological polar surface area (TPSA) is 62.8 Å². The third-order valence-electron chi connectivity index (χ3n) is 4.66. The number of amides is 1. The third-order valence-corrected chi connectivity index (χ3v) is 4.66. The average molecular weight is 356 g/mol. The molecule has 0 radical (unpaired) electrons. The first-order valence-corrected chi connectivity index (χ1v) is 8.18. The second kappa shape index (κ2) is 8.44. The van der Waals surface area contributed by atoms with E-state index in [-0.39, 0.29) is 18.3 Å². The monoisotopic (exact) mass is 355 g/mol. The molecule has 6 nitrogen and oxygen atoms in total. The summed E-state index contributed by atoms with van der Waals surface area (Å²) < 4.78 is 10.6. The number of methoxy groups -OCH3 is 2. The average Bonchev–Trinajstić information content (AvgIpc) is 2.53. The van der Waals surface area contributed by atoms with Gasteiger partial charge in [-0.2, -0.15) is 0 Å². The van der Waals surface area contributed by atoms with Crippen LogP contribution in [0, 0.1) is 5.92 Å². The molecule has 2 N–H and O–H groups in total. The Morgan fingerprint density at radius 3 is 2.17 bits per heavy atom. The van der Waals surface area contributed by atoms with E-state index in [1.807, 2.05) is 23.1 Å². The summed E-state index contributed by atoms with van der Waals surface area (Å²) in [4.78, 5) is 14.3. The lowest BCUT2D eigenvalue weighted by molar-refractivity contribution is -0.138. The summed E-state index contributed by atoms with van der Waals surface area (Å²) in [6.45, 7) is 3.32. The Morgan fingerprint density at radius 1 is 1.12 bits per heavy atom. The van der Waals surface area contributed by atoms with Crippen molar-refractivity contribution in [1.29, 1.82) is 0 Å². The van der Waals surface area contributed by atoms with Gasteiger partial charge in [-0.25, -0.2) is 0 Å². The number of nitrogens with zero attached hydrogens (tertiary/aromatic N) is 1. The first-order valence-electron chi connectivity index (χ1n) is 8.18.